The van der Waals surface area contributed by atoms with E-state index in [0.29, 0.717) is 44.5 Å². The summed E-state index contributed by atoms with van der Waals surface area (Å²) in [6, 6.07) is 5.65. The van der Waals surface area contributed by atoms with Gasteiger partial charge in [0.2, 0.25) is 0 Å². The van der Waals surface area contributed by atoms with E-state index in [2.05, 4.69) is 11.0 Å². The molecule has 0 amide bonds. The van der Waals surface area contributed by atoms with Crippen molar-refractivity contribution in [2.75, 3.05) is 48.1 Å². The van der Waals surface area contributed by atoms with E-state index < -0.39 is 109 Å². The zero-order valence-electron chi connectivity index (χ0n) is 45.8. The van der Waals surface area contributed by atoms with Gasteiger partial charge in [0.1, 0.15) is 42.7 Å². The van der Waals surface area contributed by atoms with Crippen molar-refractivity contribution in [1.82, 2.24) is 25.8 Å². The molecule has 7 N–H and O–H groups in total. The molecule has 0 spiro atoms. The number of nitrogens with one attached hydrogen (secondary N) is 3. The molecule has 1 aromatic carbocycles. The van der Waals surface area contributed by atoms with Crippen LogP contribution in [0.4, 0.5) is 4.39 Å². The Morgan fingerprint density at radius 1 is 1.00 bits per heavy atom. The van der Waals surface area contributed by atoms with Gasteiger partial charge < -0.3 is 74.2 Å². The molecule has 0 bridgehead atoms. The van der Waals surface area contributed by atoms with Gasteiger partial charge in [0.15, 0.2) is 12.6 Å². The van der Waals surface area contributed by atoms with E-state index in [1.807, 2.05) is 95.9 Å². The predicted octanol–water partition coefficient (Wildman–Crippen LogP) is 4.97. The number of nitrogens with zero attached hydrogens (tertiary/aromatic N) is 3. The number of ether oxygens (including phenoxy) is 7. The third kappa shape index (κ3) is 14.3. The van der Waals surface area contributed by atoms with Gasteiger partial charge in [-0.15, -0.1) is 5.53 Å². The molecule has 5 rings (SSSR count). The van der Waals surface area contributed by atoms with Crippen LogP contribution in [0.2, 0.25) is 0 Å². The van der Waals surface area contributed by atoms with Crippen LogP contribution in [0.25, 0.3) is 0 Å². The van der Waals surface area contributed by atoms with E-state index in [1.165, 1.54) is 6.92 Å². The van der Waals surface area contributed by atoms with Crippen LogP contribution in [-0.4, -0.2) is 185 Å². The number of rotatable bonds is 16. The molecule has 0 aromatic heterocycles. The van der Waals surface area contributed by atoms with E-state index in [4.69, 9.17) is 38.6 Å². The summed E-state index contributed by atoms with van der Waals surface area (Å²) in [5, 5.41) is 58.3. The predicted molar refractivity (Wildman–Crippen MR) is 271 cm³/mol. The molecule has 3 saturated heterocycles. The van der Waals surface area contributed by atoms with Gasteiger partial charge in [-0.2, -0.15) is 0 Å². The van der Waals surface area contributed by atoms with Crippen molar-refractivity contribution in [3.8, 4) is 0 Å². The Hall–Kier alpha value is -2.89. The van der Waals surface area contributed by atoms with Crippen LogP contribution in [0.3, 0.4) is 0 Å². The Kier molecular flexibility index (Phi) is 21.1. The molecule has 0 radical (unpaired) electrons. The molecule has 0 unspecified atom stereocenters. The van der Waals surface area contributed by atoms with Gasteiger partial charge in [-0.25, -0.2) is 4.39 Å². The van der Waals surface area contributed by atoms with Crippen LogP contribution in [0.1, 0.15) is 132 Å². The maximum Gasteiger partial charge on any atom is 0.311 e. The summed E-state index contributed by atoms with van der Waals surface area (Å²) in [6.45, 7) is 20.1. The number of hydrazine groups is 2. The summed E-state index contributed by atoms with van der Waals surface area (Å²) < 4.78 is 59.3. The topological polar surface area (TPSA) is 220 Å². The Labute approximate surface area is 428 Å². The number of hydrogen-bond acceptors (Lipinski definition) is 18. The van der Waals surface area contributed by atoms with Gasteiger partial charge >= 0.3 is 5.97 Å². The number of methoxy groups -OCH3 is 2. The smallest absolute Gasteiger partial charge is 0.311 e. The number of cyclic esters (lactones) is 1. The number of aliphatic hydroxyl groups excluding tert-OH is 2. The number of carbonyl (C=O) groups excluding carboxylic acids is 1. The number of halogens is 1. The minimum atomic E-state index is -1.82. The Balaban J connectivity index is 1.42. The summed E-state index contributed by atoms with van der Waals surface area (Å²) in [5.41, 5.74) is 5.02. The van der Waals surface area contributed by atoms with E-state index in [1.54, 1.807) is 46.9 Å². The molecular formula is C53H91FN6O12. The number of carbonyl (C=O) groups is 1. The maximum absolute atomic E-state index is 14.8. The lowest BCUT2D eigenvalue weighted by Crippen LogP contribution is -2.60. The fourth-order valence-electron chi connectivity index (χ4n) is 11.6. The minimum absolute atomic E-state index is 0.183. The number of benzene rings is 1. The van der Waals surface area contributed by atoms with E-state index in [-0.39, 0.29) is 31.0 Å². The molecule has 4 aliphatic heterocycles. The highest BCUT2D eigenvalue weighted by Crippen LogP contribution is 2.40. The highest BCUT2D eigenvalue weighted by Gasteiger charge is 2.52. The molecule has 412 valence electrons. The van der Waals surface area contributed by atoms with Crippen LogP contribution in [0, 0.1) is 23.2 Å². The molecule has 4 aliphatic rings. The first-order valence-corrected chi connectivity index (χ1v) is 26.0. The standard InChI is InChI=1S/C53H91FN6O12/c1-16-42-53(11,65)47(62)36(8)59(13)28-30(2)24-52(10,64)48(33(5)45(34(6)49(63)70-42)71-43-26-51(9,67-15)25-32(4)68-43)72-50-44(61)40(23-31(3)69-50)58(12)22-21-39-29-60(57-56-39)41(27-54)46(66-14)38-19-17-37(18-20-38)35(7)55/h17-20,29-34,36,40-48,50,55-57,61-62,64-65H,16,21-28H2,1-15H3/t30-,31-,32+,33+,34-,36-,40+,41-,42-,43+,44-,45+,46-,47-,48-,50+,51+,52-,53-/m1/s1. The lowest BCUT2D eigenvalue weighted by molar-refractivity contribution is -0.310. The van der Waals surface area contributed by atoms with Crippen molar-refractivity contribution >= 4 is 11.7 Å². The van der Waals surface area contributed by atoms with Crippen molar-refractivity contribution < 1.29 is 62.8 Å². The maximum atomic E-state index is 14.8. The normalized spacial score (nSPS) is 39.9. The van der Waals surface area contributed by atoms with Gasteiger partial charge in [0.25, 0.3) is 0 Å². The first-order chi connectivity index (χ1) is 33.7. The molecule has 18 nitrogen and oxygen atoms in total. The number of esters is 1. The summed E-state index contributed by atoms with van der Waals surface area (Å²) in [7, 11) is 6.96. The van der Waals surface area contributed by atoms with Gasteiger partial charge in [0, 0.05) is 82.2 Å². The van der Waals surface area contributed by atoms with E-state index in [0.717, 1.165) is 16.8 Å². The largest absolute Gasteiger partial charge is 0.459 e. The number of hydrogen-bond donors (Lipinski definition) is 7. The SMILES string of the molecule is CC[C@H]1OC(=O)[C@H](C)[C@@H](O[C@H]2C[C@@](C)(OC)C[C@H](C)O2)[C@H](C)[C@@H](O[C@@H]2O[C@H](C)C[C@H](N(C)CCC3=CN([C@H](CF)[C@H](OC)c4ccc(C(C)=N)cc4)NN3)[C@H]2O)[C@](C)(O)C[C@@H](C)CN(C)[C@H](C)[C@@H](O)[C@]1(C)O. The molecule has 0 saturated carbocycles. The van der Waals surface area contributed by atoms with Crippen LogP contribution in [0.15, 0.2) is 36.2 Å². The second-order valence-electron chi connectivity index (χ2n) is 22.4. The summed E-state index contributed by atoms with van der Waals surface area (Å²) in [5.74, 6) is -2.64. The number of alkyl halides is 1. The molecule has 19 atom stereocenters. The zero-order valence-corrected chi connectivity index (χ0v) is 45.8. The fraction of sp³-hybridized carbons (Fsp3) is 0.811. The Bertz CT molecular complexity index is 1930. The van der Waals surface area contributed by atoms with Gasteiger partial charge in [-0.3, -0.25) is 9.80 Å². The summed E-state index contributed by atoms with van der Waals surface area (Å²) >= 11 is 0. The van der Waals surface area contributed by atoms with Crippen LogP contribution >= 0.6 is 0 Å². The average molecular weight is 1020 g/mol. The van der Waals surface area contributed by atoms with Crippen molar-refractivity contribution in [1.29, 1.82) is 5.41 Å². The van der Waals surface area contributed by atoms with Crippen LogP contribution < -0.4 is 11.0 Å². The number of aliphatic hydroxyl groups is 4. The second kappa shape index (κ2) is 25.3. The van der Waals surface area contributed by atoms with Crippen LogP contribution in [0.5, 0.6) is 0 Å². The summed E-state index contributed by atoms with van der Waals surface area (Å²) in [4.78, 5) is 18.5. The first kappa shape index (κ1) is 60.0. The zero-order chi connectivity index (χ0) is 53.6. The molecule has 3 fully saturated rings. The lowest BCUT2D eigenvalue weighted by Gasteiger charge is -2.48. The highest BCUT2D eigenvalue weighted by molar-refractivity contribution is 5.96. The third-order valence-electron chi connectivity index (χ3n) is 16.0. The Morgan fingerprint density at radius 2 is 1.67 bits per heavy atom. The number of likely N-dealkylation sites (N-methyl/N-ethyl adjacent to an activating group) is 2. The molecule has 1 aromatic rings. The molecule has 0 aliphatic carbocycles. The van der Waals surface area contributed by atoms with Crippen molar-refractivity contribution in [2.45, 2.75) is 211 Å². The fourth-order valence-corrected chi connectivity index (χ4v) is 11.6. The molecule has 4 heterocycles. The first-order valence-electron chi connectivity index (χ1n) is 26.0. The average Bonchev–Trinajstić information content (AvgIpc) is 3.80. The van der Waals surface area contributed by atoms with Gasteiger partial charge in [0.05, 0.1) is 41.5 Å². The van der Waals surface area contributed by atoms with Gasteiger partial charge in [-0.1, -0.05) is 45.0 Å². The second-order valence-corrected chi connectivity index (χ2v) is 22.4. The monoisotopic (exact) mass is 1020 g/mol. The summed E-state index contributed by atoms with van der Waals surface area (Å²) in [6.07, 6.45) is -4.73. The van der Waals surface area contributed by atoms with Gasteiger partial charge in [-0.05, 0) is 106 Å². The van der Waals surface area contributed by atoms with E-state index in [9.17, 15) is 29.6 Å². The molecular weight excluding hydrogens is 932 g/mol. The minimum Gasteiger partial charge on any atom is -0.459 e. The van der Waals surface area contributed by atoms with Crippen molar-refractivity contribution in [2.24, 2.45) is 17.8 Å². The lowest BCUT2D eigenvalue weighted by atomic mass is 9.77. The van der Waals surface area contributed by atoms with Crippen molar-refractivity contribution in [3.63, 3.8) is 0 Å². The van der Waals surface area contributed by atoms with Crippen LogP contribution in [-0.2, 0) is 38.0 Å². The highest BCUT2D eigenvalue weighted by atomic mass is 19.1. The quantitative estimate of drug-likeness (QED) is 0.0859. The van der Waals surface area contributed by atoms with E-state index >= 15 is 0 Å². The molecule has 72 heavy (non-hydrogen) atoms. The molecule has 19 heteroatoms. The third-order valence-corrected chi connectivity index (χ3v) is 16.0. The van der Waals surface area contributed by atoms with Crippen molar-refractivity contribution in [3.05, 3.63) is 47.3 Å². The Morgan fingerprint density at radius 3 is 2.26 bits per heavy atom.